The summed E-state index contributed by atoms with van der Waals surface area (Å²) in [7, 11) is 0. The summed E-state index contributed by atoms with van der Waals surface area (Å²) < 4.78 is 3.71. The number of nitrogens with zero attached hydrogens (tertiary/aromatic N) is 5. The first-order valence-electron chi connectivity index (χ1n) is 9.44. The van der Waals surface area contributed by atoms with Crippen molar-refractivity contribution in [2.24, 2.45) is 0 Å². The minimum atomic E-state index is -0.786. The maximum Gasteiger partial charge on any atom is 0.331 e. The van der Waals surface area contributed by atoms with Gasteiger partial charge >= 0.3 is 5.69 Å². The molecule has 3 aromatic rings. The number of rotatable bonds is 5. The van der Waals surface area contributed by atoms with Crippen LogP contribution >= 0.6 is 0 Å². The lowest BCUT2D eigenvalue weighted by molar-refractivity contribution is -0.116. The number of nitrogens with one attached hydrogen (secondary N) is 1. The molecule has 0 bridgehead atoms. The van der Waals surface area contributed by atoms with Crippen molar-refractivity contribution in [1.29, 1.82) is 5.26 Å². The Morgan fingerprint density at radius 3 is 2.43 bits per heavy atom. The second kappa shape index (κ2) is 8.21. The molecule has 0 atom stereocenters. The lowest BCUT2D eigenvalue weighted by Gasteiger charge is -2.10. The third-order valence-electron chi connectivity index (χ3n) is 4.83. The van der Waals surface area contributed by atoms with Gasteiger partial charge in [0.1, 0.15) is 18.2 Å². The fourth-order valence-corrected chi connectivity index (χ4v) is 3.18. The highest BCUT2D eigenvalue weighted by Gasteiger charge is 2.18. The Labute approximate surface area is 172 Å². The van der Waals surface area contributed by atoms with E-state index >= 15 is 0 Å². The first kappa shape index (κ1) is 20.8. The second-order valence-electron chi connectivity index (χ2n) is 6.96. The summed E-state index contributed by atoms with van der Waals surface area (Å²) >= 11 is 0. The molecule has 0 fully saturated rings. The summed E-state index contributed by atoms with van der Waals surface area (Å²) in [6, 6.07) is 9.57. The molecule has 0 saturated carbocycles. The molecule has 0 spiro atoms. The second-order valence-corrected chi connectivity index (χ2v) is 6.96. The molecule has 0 unspecified atom stereocenters. The van der Waals surface area contributed by atoms with Crippen LogP contribution in [0.5, 0.6) is 0 Å². The Hall–Kier alpha value is -3.93. The largest absolute Gasteiger partial charge is 0.331 e. The van der Waals surface area contributed by atoms with Crippen molar-refractivity contribution >= 4 is 11.6 Å². The Balaban J connectivity index is 1.92. The normalized spacial score (nSPS) is 10.6. The monoisotopic (exact) mass is 406 g/mol. The van der Waals surface area contributed by atoms with Gasteiger partial charge in [0.25, 0.3) is 5.56 Å². The van der Waals surface area contributed by atoms with Crippen LogP contribution in [0.3, 0.4) is 0 Å². The topological polar surface area (TPSA) is 115 Å². The number of amides is 1. The zero-order valence-corrected chi connectivity index (χ0v) is 17.3. The average molecular weight is 406 g/mol. The molecule has 154 valence electrons. The fourth-order valence-electron chi connectivity index (χ4n) is 3.18. The van der Waals surface area contributed by atoms with E-state index in [1.807, 2.05) is 38.1 Å². The van der Waals surface area contributed by atoms with E-state index < -0.39 is 23.7 Å². The minimum absolute atomic E-state index is 0.191. The van der Waals surface area contributed by atoms with Crippen molar-refractivity contribution in [2.75, 3.05) is 5.32 Å². The molecular weight excluding hydrogens is 384 g/mol. The number of carbonyl (C=O) groups excluding carboxylic acids is 1. The number of aromatic nitrogens is 4. The van der Waals surface area contributed by atoms with Crippen molar-refractivity contribution in [3.63, 3.8) is 0 Å². The molecule has 0 aliphatic heterocycles. The highest BCUT2D eigenvalue weighted by Crippen LogP contribution is 2.23. The molecule has 0 saturated heterocycles. The average Bonchev–Trinajstić information content (AvgIpc) is 3.00. The van der Waals surface area contributed by atoms with Gasteiger partial charge in [-0.1, -0.05) is 17.7 Å². The first-order chi connectivity index (χ1) is 14.3. The number of carbonyl (C=O) groups is 1. The van der Waals surface area contributed by atoms with Gasteiger partial charge in [-0.15, -0.1) is 0 Å². The van der Waals surface area contributed by atoms with Gasteiger partial charge in [-0.05, 0) is 39.8 Å². The fraction of sp³-hybridized carbons (Fsp3) is 0.286. The van der Waals surface area contributed by atoms with Gasteiger partial charge < -0.3 is 5.32 Å². The summed E-state index contributed by atoms with van der Waals surface area (Å²) in [4.78, 5) is 37.4. The van der Waals surface area contributed by atoms with Crippen molar-refractivity contribution in [1.82, 2.24) is 18.9 Å². The molecule has 0 aliphatic rings. The van der Waals surface area contributed by atoms with Crippen LogP contribution in [-0.2, 0) is 17.9 Å². The number of hydrogen-bond acceptors (Lipinski definition) is 5. The van der Waals surface area contributed by atoms with Gasteiger partial charge in [0.05, 0.1) is 22.8 Å². The first-order valence-corrected chi connectivity index (χ1v) is 9.44. The van der Waals surface area contributed by atoms with Crippen LogP contribution in [0.25, 0.3) is 5.69 Å². The maximum atomic E-state index is 12.6. The molecule has 1 aromatic carbocycles. The predicted octanol–water partition coefficient (Wildman–Crippen LogP) is 1.65. The molecule has 30 heavy (non-hydrogen) atoms. The lowest BCUT2D eigenvalue weighted by Crippen LogP contribution is -2.43. The van der Waals surface area contributed by atoms with Gasteiger partial charge in [0.2, 0.25) is 5.91 Å². The van der Waals surface area contributed by atoms with Crippen LogP contribution in [0.15, 0.2) is 40.1 Å². The summed E-state index contributed by atoms with van der Waals surface area (Å²) in [5, 5.41) is 16.4. The van der Waals surface area contributed by atoms with Crippen molar-refractivity contribution in [3.8, 4) is 11.8 Å². The van der Waals surface area contributed by atoms with Crippen LogP contribution in [-0.4, -0.2) is 24.8 Å². The smallest absolute Gasteiger partial charge is 0.321 e. The van der Waals surface area contributed by atoms with E-state index in [9.17, 15) is 14.4 Å². The number of anilines is 1. The molecule has 1 N–H and O–H groups in total. The van der Waals surface area contributed by atoms with Gasteiger partial charge in [0, 0.05) is 12.7 Å². The van der Waals surface area contributed by atoms with E-state index in [0.717, 1.165) is 15.8 Å². The van der Waals surface area contributed by atoms with Crippen molar-refractivity contribution in [3.05, 3.63) is 73.8 Å². The number of aryl methyl sites for hydroxylation is 3. The molecule has 2 aromatic heterocycles. The van der Waals surface area contributed by atoms with Gasteiger partial charge in [-0.25, -0.2) is 14.0 Å². The molecule has 9 heteroatoms. The van der Waals surface area contributed by atoms with Crippen molar-refractivity contribution in [2.45, 2.75) is 40.8 Å². The number of hydrogen-bond donors (Lipinski definition) is 1. The molecule has 0 radical (unpaired) electrons. The van der Waals surface area contributed by atoms with E-state index in [4.69, 9.17) is 5.26 Å². The molecule has 3 rings (SSSR count). The molecule has 9 nitrogen and oxygen atoms in total. The number of benzene rings is 1. The maximum absolute atomic E-state index is 12.6. The molecular formula is C21H22N6O3. The summed E-state index contributed by atoms with van der Waals surface area (Å²) in [6.45, 7) is 7.07. The zero-order valence-electron chi connectivity index (χ0n) is 17.3. The Morgan fingerprint density at radius 2 is 1.83 bits per heavy atom. The van der Waals surface area contributed by atoms with Crippen LogP contribution < -0.4 is 16.6 Å². The molecule has 1 amide bonds. The third kappa shape index (κ3) is 3.80. The SMILES string of the molecule is CCn1cc(C#N)c(=O)n(CC(=O)Nc2c(C)nn(-c3ccc(C)cc3)c2C)c1=O. The van der Waals surface area contributed by atoms with Gasteiger partial charge in [-0.2, -0.15) is 10.4 Å². The Morgan fingerprint density at radius 1 is 1.17 bits per heavy atom. The third-order valence-corrected chi connectivity index (χ3v) is 4.83. The van der Waals surface area contributed by atoms with Gasteiger partial charge in [0.15, 0.2) is 0 Å². The zero-order chi connectivity index (χ0) is 22.0. The van der Waals surface area contributed by atoms with E-state index in [1.54, 1.807) is 24.6 Å². The standard InChI is InChI=1S/C21H22N6O3/c1-5-25-11-16(10-22)20(29)26(21(25)30)12-18(28)23-19-14(3)24-27(15(19)4)17-8-6-13(2)7-9-17/h6-9,11H,5,12H2,1-4H3,(H,23,28). The quantitative estimate of drug-likeness (QED) is 0.692. The Bertz CT molecular complexity index is 1270. The number of nitriles is 1. The van der Waals surface area contributed by atoms with Crippen LogP contribution in [0.4, 0.5) is 5.69 Å². The van der Waals surface area contributed by atoms with Gasteiger partial charge in [-0.3, -0.25) is 14.2 Å². The summed E-state index contributed by atoms with van der Waals surface area (Å²) in [5.41, 5.74) is 2.19. The van der Waals surface area contributed by atoms with Crippen molar-refractivity contribution < 1.29 is 4.79 Å². The molecule has 0 aliphatic carbocycles. The highest BCUT2D eigenvalue weighted by molar-refractivity contribution is 5.91. The summed E-state index contributed by atoms with van der Waals surface area (Å²) in [5.74, 6) is -0.554. The Kier molecular flexibility index (Phi) is 5.69. The van der Waals surface area contributed by atoms with Crippen LogP contribution in [0.2, 0.25) is 0 Å². The lowest BCUT2D eigenvalue weighted by atomic mass is 10.2. The van der Waals surface area contributed by atoms with Crippen LogP contribution in [0, 0.1) is 32.1 Å². The summed E-state index contributed by atoms with van der Waals surface area (Å²) in [6.07, 6.45) is 1.21. The minimum Gasteiger partial charge on any atom is -0.321 e. The van der Waals surface area contributed by atoms with E-state index in [1.165, 1.54) is 10.8 Å². The van der Waals surface area contributed by atoms with E-state index in [0.29, 0.717) is 17.1 Å². The van der Waals surface area contributed by atoms with Crippen LogP contribution in [0.1, 0.15) is 29.4 Å². The molecule has 2 heterocycles. The van der Waals surface area contributed by atoms with E-state index in [2.05, 4.69) is 10.4 Å². The van der Waals surface area contributed by atoms with E-state index in [-0.39, 0.29) is 12.1 Å². The predicted molar refractivity (Wildman–Crippen MR) is 112 cm³/mol. The highest BCUT2D eigenvalue weighted by atomic mass is 16.2.